The molecule has 3 nitrogen and oxygen atoms in total. The monoisotopic (exact) mass is 241 g/mol. The highest BCUT2D eigenvalue weighted by Gasteiger charge is 2.12. The Labute approximate surface area is 97.9 Å². The molecular weight excluding hydrogens is 222 g/mol. The van der Waals surface area contributed by atoms with E-state index in [1.54, 1.807) is 0 Å². The van der Waals surface area contributed by atoms with Crippen LogP contribution < -0.4 is 4.72 Å². The zero-order chi connectivity index (χ0) is 12.3. The lowest BCUT2D eigenvalue weighted by Gasteiger charge is -2.10. The fraction of sp³-hybridized carbons (Fsp3) is 0.500. The molecule has 0 aliphatic heterocycles. The predicted molar refractivity (Wildman–Crippen MR) is 66.8 cm³/mol. The predicted octanol–water partition coefficient (Wildman–Crippen LogP) is 2.13. The van der Waals surface area contributed by atoms with Crippen LogP contribution in [0.2, 0.25) is 0 Å². The lowest BCUT2D eigenvalue weighted by molar-refractivity contribution is 0.569. The van der Waals surface area contributed by atoms with E-state index in [0.29, 0.717) is 0 Å². The molecule has 1 N–H and O–H groups in total. The van der Waals surface area contributed by atoms with Crippen molar-refractivity contribution in [1.29, 1.82) is 0 Å². The summed E-state index contributed by atoms with van der Waals surface area (Å²) in [5.74, 6) is 0.0479. The first-order valence-corrected chi connectivity index (χ1v) is 7.01. The molecule has 1 rings (SSSR count). The van der Waals surface area contributed by atoms with Gasteiger partial charge in [0, 0.05) is 6.04 Å². The molecule has 0 unspecified atom stereocenters. The summed E-state index contributed by atoms with van der Waals surface area (Å²) in [6, 6.07) is 5.68. The van der Waals surface area contributed by atoms with Crippen molar-refractivity contribution in [3.8, 4) is 0 Å². The quantitative estimate of drug-likeness (QED) is 0.877. The van der Waals surface area contributed by atoms with Crippen molar-refractivity contribution in [2.75, 3.05) is 0 Å². The molecule has 0 heterocycles. The minimum absolute atomic E-state index is 0.0479. The first kappa shape index (κ1) is 13.2. The molecule has 1 aromatic carbocycles. The summed E-state index contributed by atoms with van der Waals surface area (Å²) in [6.45, 7) is 7.64. The highest BCUT2D eigenvalue weighted by molar-refractivity contribution is 7.88. The first-order chi connectivity index (χ1) is 7.30. The molecule has 0 atom stereocenters. The molecule has 4 heteroatoms. The Morgan fingerprint density at radius 1 is 1.19 bits per heavy atom. The van der Waals surface area contributed by atoms with Crippen molar-refractivity contribution in [2.24, 2.45) is 0 Å². The van der Waals surface area contributed by atoms with E-state index in [2.05, 4.69) is 4.72 Å². The summed E-state index contributed by atoms with van der Waals surface area (Å²) in [7, 11) is -3.21. The van der Waals surface area contributed by atoms with E-state index in [1.807, 2.05) is 45.9 Å². The first-order valence-electron chi connectivity index (χ1n) is 5.36. The third kappa shape index (κ3) is 3.94. The van der Waals surface area contributed by atoms with Crippen LogP contribution >= 0.6 is 0 Å². The van der Waals surface area contributed by atoms with Crippen molar-refractivity contribution in [3.05, 3.63) is 34.9 Å². The molecule has 1 aromatic rings. The maximum Gasteiger partial charge on any atom is 0.216 e. The second-order valence-corrected chi connectivity index (χ2v) is 6.20. The van der Waals surface area contributed by atoms with E-state index in [0.717, 1.165) is 11.1 Å². The number of nitrogens with one attached hydrogen (secondary N) is 1. The summed E-state index contributed by atoms with van der Waals surface area (Å²) in [6.07, 6.45) is 0. The standard InChI is InChI=1S/C12H19NO2S/c1-9(2)13-16(14,15)8-12-6-5-10(3)11(4)7-12/h5-7,9,13H,8H2,1-4H3. The van der Waals surface area contributed by atoms with Crippen LogP contribution in [0.15, 0.2) is 18.2 Å². The average molecular weight is 241 g/mol. The summed E-state index contributed by atoms with van der Waals surface area (Å²) in [4.78, 5) is 0. The summed E-state index contributed by atoms with van der Waals surface area (Å²) in [5, 5.41) is 0. The molecule has 0 fully saturated rings. The molecule has 0 saturated heterocycles. The summed E-state index contributed by atoms with van der Waals surface area (Å²) < 4.78 is 26.0. The van der Waals surface area contributed by atoms with Crippen molar-refractivity contribution >= 4 is 10.0 Å². The van der Waals surface area contributed by atoms with Gasteiger partial charge in [0.25, 0.3) is 0 Å². The Morgan fingerprint density at radius 2 is 1.81 bits per heavy atom. The Balaban J connectivity index is 2.84. The van der Waals surface area contributed by atoms with E-state index >= 15 is 0 Å². The van der Waals surface area contributed by atoms with Gasteiger partial charge in [-0.3, -0.25) is 0 Å². The number of rotatable bonds is 4. The highest BCUT2D eigenvalue weighted by Crippen LogP contribution is 2.12. The molecule has 0 spiro atoms. The van der Waals surface area contributed by atoms with Crippen LogP contribution in [0, 0.1) is 13.8 Å². The van der Waals surface area contributed by atoms with Gasteiger partial charge in [-0.25, -0.2) is 13.1 Å². The van der Waals surface area contributed by atoms with Gasteiger partial charge in [-0.15, -0.1) is 0 Å². The van der Waals surface area contributed by atoms with Crippen molar-refractivity contribution < 1.29 is 8.42 Å². The minimum atomic E-state index is -3.21. The van der Waals surface area contributed by atoms with Gasteiger partial charge in [0.1, 0.15) is 0 Å². The van der Waals surface area contributed by atoms with Gasteiger partial charge in [0.05, 0.1) is 5.75 Å². The number of aryl methyl sites for hydroxylation is 2. The third-order valence-electron chi connectivity index (χ3n) is 2.34. The Morgan fingerprint density at radius 3 is 2.31 bits per heavy atom. The molecule has 0 aliphatic carbocycles. The zero-order valence-corrected chi connectivity index (χ0v) is 11.1. The lowest BCUT2D eigenvalue weighted by atomic mass is 10.1. The maximum absolute atomic E-state index is 11.7. The average Bonchev–Trinajstić information content (AvgIpc) is 2.08. The number of hydrogen-bond donors (Lipinski definition) is 1. The second kappa shape index (κ2) is 4.97. The molecule has 0 amide bonds. The summed E-state index contributed by atoms with van der Waals surface area (Å²) >= 11 is 0. The Bertz CT molecular complexity index is 464. The molecule has 16 heavy (non-hydrogen) atoms. The molecule has 90 valence electrons. The van der Waals surface area contributed by atoms with Crippen LogP contribution in [-0.2, 0) is 15.8 Å². The topological polar surface area (TPSA) is 46.2 Å². The molecule has 0 saturated carbocycles. The van der Waals surface area contributed by atoms with Crippen molar-refractivity contribution in [2.45, 2.75) is 39.5 Å². The molecule has 0 aliphatic rings. The van der Waals surface area contributed by atoms with Gasteiger partial charge in [-0.1, -0.05) is 18.2 Å². The van der Waals surface area contributed by atoms with E-state index < -0.39 is 10.0 Å². The van der Waals surface area contributed by atoms with Gasteiger partial charge in [-0.2, -0.15) is 0 Å². The number of hydrogen-bond acceptors (Lipinski definition) is 2. The summed E-state index contributed by atoms with van der Waals surface area (Å²) in [5.41, 5.74) is 3.13. The number of sulfonamides is 1. The molecule has 0 aromatic heterocycles. The maximum atomic E-state index is 11.7. The molecule has 0 bridgehead atoms. The highest BCUT2D eigenvalue weighted by atomic mass is 32.2. The SMILES string of the molecule is Cc1ccc(CS(=O)(=O)NC(C)C)cc1C. The minimum Gasteiger partial charge on any atom is -0.212 e. The van der Waals surface area contributed by atoms with Crippen LogP contribution in [0.4, 0.5) is 0 Å². The second-order valence-electron chi connectivity index (χ2n) is 4.45. The zero-order valence-electron chi connectivity index (χ0n) is 10.2. The third-order valence-corrected chi connectivity index (χ3v) is 3.89. The van der Waals surface area contributed by atoms with E-state index in [9.17, 15) is 8.42 Å². The van der Waals surface area contributed by atoms with Gasteiger partial charge >= 0.3 is 0 Å². The molecule has 0 radical (unpaired) electrons. The van der Waals surface area contributed by atoms with Crippen LogP contribution in [0.25, 0.3) is 0 Å². The van der Waals surface area contributed by atoms with Crippen LogP contribution in [-0.4, -0.2) is 14.5 Å². The van der Waals surface area contributed by atoms with Crippen LogP contribution in [0.3, 0.4) is 0 Å². The lowest BCUT2D eigenvalue weighted by Crippen LogP contribution is -2.31. The van der Waals surface area contributed by atoms with E-state index in [-0.39, 0.29) is 11.8 Å². The Kier molecular flexibility index (Phi) is 4.10. The number of benzene rings is 1. The van der Waals surface area contributed by atoms with Gasteiger partial charge in [-0.05, 0) is 44.4 Å². The Hall–Kier alpha value is -0.870. The smallest absolute Gasteiger partial charge is 0.212 e. The molecular formula is C12H19NO2S. The van der Waals surface area contributed by atoms with Crippen molar-refractivity contribution in [1.82, 2.24) is 4.72 Å². The fourth-order valence-corrected chi connectivity index (χ4v) is 2.93. The normalized spacial score (nSPS) is 12.1. The van der Waals surface area contributed by atoms with E-state index in [1.165, 1.54) is 5.56 Å². The fourth-order valence-electron chi connectivity index (χ4n) is 1.51. The van der Waals surface area contributed by atoms with Gasteiger partial charge in [0.15, 0.2) is 0 Å². The van der Waals surface area contributed by atoms with Crippen LogP contribution in [0.5, 0.6) is 0 Å². The van der Waals surface area contributed by atoms with Gasteiger partial charge < -0.3 is 0 Å². The van der Waals surface area contributed by atoms with Gasteiger partial charge in [0.2, 0.25) is 10.0 Å². The van der Waals surface area contributed by atoms with Crippen molar-refractivity contribution in [3.63, 3.8) is 0 Å². The largest absolute Gasteiger partial charge is 0.216 e. The van der Waals surface area contributed by atoms with E-state index in [4.69, 9.17) is 0 Å². The van der Waals surface area contributed by atoms with Crippen LogP contribution in [0.1, 0.15) is 30.5 Å².